The maximum Gasteiger partial charge on any atom is 0.335 e. The smallest absolute Gasteiger partial charge is 0.335 e. The molecule has 0 spiro atoms. The molecule has 0 bridgehead atoms. The first kappa shape index (κ1) is 17.3. The molecule has 0 aromatic heterocycles. The summed E-state index contributed by atoms with van der Waals surface area (Å²) in [7, 11) is 1.88. The summed E-state index contributed by atoms with van der Waals surface area (Å²) in [4.78, 5) is 13.3. The van der Waals surface area contributed by atoms with Gasteiger partial charge < -0.3 is 14.7 Å². The van der Waals surface area contributed by atoms with Crippen molar-refractivity contribution in [2.24, 2.45) is 5.92 Å². The number of carboxylic acid groups (broad SMARTS) is 1. The third-order valence-corrected chi connectivity index (χ3v) is 5.97. The molecule has 4 heteroatoms. The number of methoxy groups -OCH3 is 1. The summed E-state index contributed by atoms with van der Waals surface area (Å²) in [5, 5.41) is 9.01. The molecular formula is C20H29NO3. The second-order valence-electron chi connectivity index (χ2n) is 7.43. The Morgan fingerprint density at radius 3 is 2.33 bits per heavy atom. The Hall–Kier alpha value is -1.55. The highest BCUT2D eigenvalue weighted by Gasteiger charge is 2.37. The van der Waals surface area contributed by atoms with Crippen LogP contribution >= 0.6 is 0 Å². The van der Waals surface area contributed by atoms with Crippen molar-refractivity contribution in [3.63, 3.8) is 0 Å². The SMILES string of the molecule is COC1(CC2CCCCC2)CCN(c2ccc(C(=O)O)cc2)CC1. The number of hydrogen-bond donors (Lipinski definition) is 1. The third-order valence-electron chi connectivity index (χ3n) is 5.97. The molecule has 1 N–H and O–H groups in total. The van der Waals surface area contributed by atoms with Crippen LogP contribution in [0.3, 0.4) is 0 Å². The van der Waals surface area contributed by atoms with Gasteiger partial charge in [-0.05, 0) is 49.4 Å². The molecule has 1 heterocycles. The minimum Gasteiger partial charge on any atom is -0.478 e. The van der Waals surface area contributed by atoms with E-state index >= 15 is 0 Å². The van der Waals surface area contributed by atoms with Crippen molar-refractivity contribution in [3.05, 3.63) is 29.8 Å². The Bertz CT molecular complexity index is 541. The van der Waals surface area contributed by atoms with Crippen LogP contribution in [-0.4, -0.2) is 36.9 Å². The molecule has 4 nitrogen and oxygen atoms in total. The molecule has 2 fully saturated rings. The molecule has 132 valence electrons. The number of hydrogen-bond acceptors (Lipinski definition) is 3. The van der Waals surface area contributed by atoms with E-state index in [0.717, 1.165) is 37.5 Å². The zero-order chi connectivity index (χ0) is 17.0. The van der Waals surface area contributed by atoms with E-state index < -0.39 is 5.97 Å². The Morgan fingerprint density at radius 2 is 1.79 bits per heavy atom. The predicted molar refractivity (Wildman–Crippen MR) is 95.8 cm³/mol. The van der Waals surface area contributed by atoms with Gasteiger partial charge in [-0.3, -0.25) is 0 Å². The minimum atomic E-state index is -0.869. The van der Waals surface area contributed by atoms with Crippen LogP contribution in [0.1, 0.15) is 61.7 Å². The molecule has 1 aliphatic heterocycles. The highest BCUT2D eigenvalue weighted by atomic mass is 16.5. The Balaban J connectivity index is 1.59. The van der Waals surface area contributed by atoms with Gasteiger partial charge in [-0.15, -0.1) is 0 Å². The molecule has 2 aliphatic rings. The molecule has 0 unspecified atom stereocenters. The Morgan fingerprint density at radius 1 is 1.17 bits per heavy atom. The molecule has 1 aliphatic carbocycles. The molecule has 1 aromatic carbocycles. The van der Waals surface area contributed by atoms with E-state index in [4.69, 9.17) is 9.84 Å². The van der Waals surface area contributed by atoms with Gasteiger partial charge in [-0.1, -0.05) is 32.1 Å². The Labute approximate surface area is 144 Å². The monoisotopic (exact) mass is 331 g/mol. The summed E-state index contributed by atoms with van der Waals surface area (Å²) < 4.78 is 6.01. The van der Waals surface area contributed by atoms with Gasteiger partial charge in [0.1, 0.15) is 0 Å². The second-order valence-corrected chi connectivity index (χ2v) is 7.43. The van der Waals surface area contributed by atoms with Crippen molar-refractivity contribution in [2.75, 3.05) is 25.1 Å². The number of aromatic carboxylic acids is 1. The van der Waals surface area contributed by atoms with Gasteiger partial charge >= 0.3 is 5.97 Å². The van der Waals surface area contributed by atoms with Crippen molar-refractivity contribution < 1.29 is 14.6 Å². The van der Waals surface area contributed by atoms with E-state index in [1.807, 2.05) is 19.2 Å². The lowest BCUT2D eigenvalue weighted by atomic mass is 9.77. The van der Waals surface area contributed by atoms with Crippen molar-refractivity contribution in [2.45, 2.75) is 57.0 Å². The molecule has 24 heavy (non-hydrogen) atoms. The van der Waals surface area contributed by atoms with Gasteiger partial charge in [0.05, 0.1) is 11.2 Å². The van der Waals surface area contributed by atoms with Gasteiger partial charge in [0.2, 0.25) is 0 Å². The topological polar surface area (TPSA) is 49.8 Å². The number of rotatable bonds is 5. The number of carboxylic acids is 1. The third kappa shape index (κ3) is 3.92. The molecule has 1 saturated carbocycles. The molecule has 3 rings (SSSR count). The lowest BCUT2D eigenvalue weighted by molar-refractivity contribution is -0.0506. The van der Waals surface area contributed by atoms with Crippen LogP contribution < -0.4 is 4.90 Å². The van der Waals surface area contributed by atoms with Crippen LogP contribution in [0.15, 0.2) is 24.3 Å². The average molecular weight is 331 g/mol. The first-order valence-corrected chi connectivity index (χ1v) is 9.25. The number of carbonyl (C=O) groups is 1. The van der Waals surface area contributed by atoms with Gasteiger partial charge in [0.15, 0.2) is 0 Å². The molecular weight excluding hydrogens is 302 g/mol. The first-order valence-electron chi connectivity index (χ1n) is 9.25. The summed E-state index contributed by atoms with van der Waals surface area (Å²) in [6, 6.07) is 7.23. The number of anilines is 1. The van der Waals surface area contributed by atoms with Gasteiger partial charge in [-0.25, -0.2) is 4.79 Å². The first-order chi connectivity index (χ1) is 11.6. The van der Waals surface area contributed by atoms with E-state index in [-0.39, 0.29) is 5.60 Å². The number of benzene rings is 1. The van der Waals surface area contributed by atoms with E-state index in [1.165, 1.54) is 38.5 Å². The zero-order valence-corrected chi connectivity index (χ0v) is 14.7. The lowest BCUT2D eigenvalue weighted by Gasteiger charge is -2.44. The lowest BCUT2D eigenvalue weighted by Crippen LogP contribution is -2.47. The molecule has 0 atom stereocenters. The fraction of sp³-hybridized carbons (Fsp3) is 0.650. The summed E-state index contributed by atoms with van der Waals surface area (Å²) >= 11 is 0. The van der Waals surface area contributed by atoms with Gasteiger partial charge in [0, 0.05) is 25.9 Å². The fourth-order valence-electron chi connectivity index (χ4n) is 4.40. The number of piperidine rings is 1. The van der Waals surface area contributed by atoms with Crippen LogP contribution in [0.5, 0.6) is 0 Å². The zero-order valence-electron chi connectivity index (χ0n) is 14.7. The minimum absolute atomic E-state index is 0.0412. The van der Waals surface area contributed by atoms with Crippen molar-refractivity contribution in [1.29, 1.82) is 0 Å². The standard InChI is InChI=1S/C20H29NO3/c1-24-20(15-16-5-3-2-4-6-16)11-13-21(14-12-20)18-9-7-17(8-10-18)19(22)23/h7-10,16H,2-6,11-15H2,1H3,(H,22,23). The van der Waals surface area contributed by atoms with Crippen LogP contribution in [0.4, 0.5) is 5.69 Å². The van der Waals surface area contributed by atoms with Crippen LogP contribution in [0, 0.1) is 5.92 Å². The fourth-order valence-corrected chi connectivity index (χ4v) is 4.40. The normalized spacial score (nSPS) is 21.6. The second kappa shape index (κ2) is 7.56. The Kier molecular flexibility index (Phi) is 5.44. The van der Waals surface area contributed by atoms with Crippen molar-refractivity contribution in [3.8, 4) is 0 Å². The largest absolute Gasteiger partial charge is 0.478 e. The van der Waals surface area contributed by atoms with E-state index in [2.05, 4.69) is 4.90 Å². The highest BCUT2D eigenvalue weighted by Crippen LogP contribution is 2.38. The molecule has 0 radical (unpaired) electrons. The summed E-state index contributed by atoms with van der Waals surface area (Å²) in [5.41, 5.74) is 1.50. The summed E-state index contributed by atoms with van der Waals surface area (Å²) in [5.74, 6) is -0.0359. The summed E-state index contributed by atoms with van der Waals surface area (Å²) in [6.45, 7) is 1.96. The highest BCUT2D eigenvalue weighted by molar-refractivity contribution is 5.88. The maximum atomic E-state index is 11.0. The van der Waals surface area contributed by atoms with Crippen molar-refractivity contribution in [1.82, 2.24) is 0 Å². The van der Waals surface area contributed by atoms with E-state index in [1.54, 1.807) is 12.1 Å². The van der Waals surface area contributed by atoms with Crippen molar-refractivity contribution >= 4 is 11.7 Å². The predicted octanol–water partition coefficient (Wildman–Crippen LogP) is 4.34. The number of nitrogens with zero attached hydrogens (tertiary/aromatic N) is 1. The molecule has 1 saturated heterocycles. The van der Waals surface area contributed by atoms with E-state index in [9.17, 15) is 4.79 Å². The van der Waals surface area contributed by atoms with E-state index in [0.29, 0.717) is 5.56 Å². The van der Waals surface area contributed by atoms with Gasteiger partial charge in [0.25, 0.3) is 0 Å². The van der Waals surface area contributed by atoms with Crippen LogP contribution in [-0.2, 0) is 4.74 Å². The van der Waals surface area contributed by atoms with Crippen LogP contribution in [0.2, 0.25) is 0 Å². The average Bonchev–Trinajstić information content (AvgIpc) is 2.63. The van der Waals surface area contributed by atoms with Gasteiger partial charge in [-0.2, -0.15) is 0 Å². The maximum absolute atomic E-state index is 11.0. The summed E-state index contributed by atoms with van der Waals surface area (Å²) in [6.07, 6.45) is 10.2. The molecule has 1 aromatic rings. The number of ether oxygens (including phenoxy) is 1. The quantitative estimate of drug-likeness (QED) is 0.872. The molecule has 0 amide bonds. The van der Waals surface area contributed by atoms with Crippen LogP contribution in [0.25, 0.3) is 0 Å².